The van der Waals surface area contributed by atoms with Crippen LogP contribution in [0.25, 0.3) is 10.6 Å². The highest BCUT2D eigenvalue weighted by molar-refractivity contribution is 7.13. The van der Waals surface area contributed by atoms with Crippen LogP contribution in [0.15, 0.2) is 60.0 Å². The SMILES string of the molecule is CC(OC(=O)Cc1csc(-c2cccc(Cl)c2)n1)C(=O)N(C)c1ccccc1. The number of thiazole rings is 1. The highest BCUT2D eigenvalue weighted by atomic mass is 35.5. The molecule has 2 aromatic carbocycles. The van der Waals surface area contributed by atoms with Crippen molar-refractivity contribution in [2.24, 2.45) is 0 Å². The maximum atomic E-state index is 12.5. The molecule has 0 saturated heterocycles. The van der Waals surface area contributed by atoms with Crippen LogP contribution in [0.5, 0.6) is 0 Å². The molecule has 0 aliphatic rings. The smallest absolute Gasteiger partial charge is 0.312 e. The number of benzene rings is 2. The number of esters is 1. The lowest BCUT2D eigenvalue weighted by Crippen LogP contribution is -2.37. The van der Waals surface area contributed by atoms with Crippen LogP contribution in [0.1, 0.15) is 12.6 Å². The monoisotopic (exact) mass is 414 g/mol. The summed E-state index contributed by atoms with van der Waals surface area (Å²) >= 11 is 7.44. The molecule has 0 saturated carbocycles. The molecule has 0 spiro atoms. The fourth-order valence-corrected chi connectivity index (χ4v) is 3.64. The molecule has 144 valence electrons. The van der Waals surface area contributed by atoms with Crippen LogP contribution >= 0.6 is 22.9 Å². The molecule has 28 heavy (non-hydrogen) atoms. The first kappa shape index (κ1) is 20.0. The Morgan fingerprint density at radius 1 is 1.18 bits per heavy atom. The Kier molecular flexibility index (Phi) is 6.44. The van der Waals surface area contributed by atoms with Gasteiger partial charge in [0, 0.05) is 28.7 Å². The van der Waals surface area contributed by atoms with E-state index in [2.05, 4.69) is 4.98 Å². The van der Waals surface area contributed by atoms with Crippen molar-refractivity contribution in [3.05, 3.63) is 70.7 Å². The van der Waals surface area contributed by atoms with Gasteiger partial charge in [0.05, 0.1) is 12.1 Å². The molecule has 1 amide bonds. The molecule has 0 fully saturated rings. The number of ether oxygens (including phenoxy) is 1. The number of nitrogens with zero attached hydrogens (tertiary/aromatic N) is 2. The fraction of sp³-hybridized carbons (Fsp3) is 0.190. The standard InChI is InChI=1S/C21H19ClN2O3S/c1-14(21(26)24(2)18-9-4-3-5-10-18)27-19(25)12-17-13-28-20(23-17)15-7-6-8-16(22)11-15/h3-11,13-14H,12H2,1-2H3. The molecule has 1 aromatic heterocycles. The molecule has 7 heteroatoms. The highest BCUT2D eigenvalue weighted by Crippen LogP contribution is 2.26. The van der Waals surface area contributed by atoms with Crippen molar-refractivity contribution in [1.82, 2.24) is 4.98 Å². The first-order valence-corrected chi connectivity index (χ1v) is 9.92. The van der Waals surface area contributed by atoms with Gasteiger partial charge in [-0.1, -0.05) is 41.9 Å². The molecule has 0 bridgehead atoms. The number of amides is 1. The van der Waals surface area contributed by atoms with Crippen LogP contribution in [-0.2, 0) is 20.7 Å². The van der Waals surface area contributed by atoms with E-state index < -0.39 is 12.1 Å². The topological polar surface area (TPSA) is 59.5 Å². The Labute approximate surface area is 172 Å². The van der Waals surface area contributed by atoms with E-state index in [1.54, 1.807) is 25.4 Å². The van der Waals surface area contributed by atoms with Gasteiger partial charge in [-0.25, -0.2) is 4.98 Å². The van der Waals surface area contributed by atoms with E-state index in [0.29, 0.717) is 10.7 Å². The van der Waals surface area contributed by atoms with Crippen molar-refractivity contribution in [1.29, 1.82) is 0 Å². The molecule has 1 heterocycles. The predicted octanol–water partition coefficient (Wildman–Crippen LogP) is 4.60. The number of halogens is 1. The van der Waals surface area contributed by atoms with E-state index >= 15 is 0 Å². The van der Waals surface area contributed by atoms with Gasteiger partial charge in [0.25, 0.3) is 5.91 Å². The molecule has 0 aliphatic heterocycles. The van der Waals surface area contributed by atoms with E-state index in [0.717, 1.165) is 16.3 Å². The van der Waals surface area contributed by atoms with E-state index in [1.165, 1.54) is 16.2 Å². The van der Waals surface area contributed by atoms with Crippen LogP contribution in [0.4, 0.5) is 5.69 Å². The summed E-state index contributed by atoms with van der Waals surface area (Å²) in [6.45, 7) is 1.57. The van der Waals surface area contributed by atoms with Crippen molar-refractivity contribution >= 4 is 40.5 Å². The predicted molar refractivity (Wildman–Crippen MR) is 112 cm³/mol. The number of hydrogen-bond donors (Lipinski definition) is 0. The summed E-state index contributed by atoms with van der Waals surface area (Å²) in [6, 6.07) is 16.6. The molecule has 3 aromatic rings. The first-order valence-electron chi connectivity index (χ1n) is 8.66. The lowest BCUT2D eigenvalue weighted by atomic mass is 10.2. The van der Waals surface area contributed by atoms with Gasteiger partial charge >= 0.3 is 5.97 Å². The Morgan fingerprint density at radius 3 is 2.64 bits per heavy atom. The van der Waals surface area contributed by atoms with E-state index in [-0.39, 0.29) is 12.3 Å². The van der Waals surface area contributed by atoms with Gasteiger partial charge in [-0.15, -0.1) is 11.3 Å². The number of likely N-dealkylation sites (N-methyl/N-ethyl adjacent to an activating group) is 1. The van der Waals surface area contributed by atoms with Crippen molar-refractivity contribution in [2.75, 3.05) is 11.9 Å². The van der Waals surface area contributed by atoms with Gasteiger partial charge in [-0.05, 0) is 31.2 Å². The number of carbonyl (C=O) groups excluding carboxylic acids is 2. The third-order valence-electron chi connectivity index (χ3n) is 4.08. The van der Waals surface area contributed by atoms with E-state index in [1.807, 2.05) is 48.5 Å². The molecule has 3 rings (SSSR count). The number of carbonyl (C=O) groups is 2. The number of aromatic nitrogens is 1. The average Bonchev–Trinajstić information content (AvgIpc) is 3.15. The average molecular weight is 415 g/mol. The molecular weight excluding hydrogens is 396 g/mol. The second kappa shape index (κ2) is 8.99. The van der Waals surface area contributed by atoms with Gasteiger partial charge in [0.15, 0.2) is 6.10 Å². The highest BCUT2D eigenvalue weighted by Gasteiger charge is 2.23. The zero-order chi connectivity index (χ0) is 20.1. The summed E-state index contributed by atoms with van der Waals surface area (Å²) in [5, 5.41) is 3.21. The summed E-state index contributed by atoms with van der Waals surface area (Å²) in [7, 11) is 1.65. The normalized spacial score (nSPS) is 11.7. The van der Waals surface area contributed by atoms with Crippen molar-refractivity contribution in [2.45, 2.75) is 19.4 Å². The molecule has 5 nitrogen and oxygen atoms in total. The number of para-hydroxylation sites is 1. The van der Waals surface area contributed by atoms with Gasteiger partial charge in [0.2, 0.25) is 0 Å². The number of anilines is 1. The molecule has 0 radical (unpaired) electrons. The van der Waals surface area contributed by atoms with Gasteiger partial charge in [-0.2, -0.15) is 0 Å². The van der Waals surface area contributed by atoms with Gasteiger partial charge in [0.1, 0.15) is 5.01 Å². The fourth-order valence-electron chi connectivity index (χ4n) is 2.63. The Balaban J connectivity index is 1.59. The van der Waals surface area contributed by atoms with Crippen molar-refractivity contribution in [3.63, 3.8) is 0 Å². The minimum Gasteiger partial charge on any atom is -0.452 e. The third-order valence-corrected chi connectivity index (χ3v) is 5.25. The van der Waals surface area contributed by atoms with Crippen LogP contribution in [0.2, 0.25) is 5.02 Å². The minimum atomic E-state index is -0.885. The lowest BCUT2D eigenvalue weighted by Gasteiger charge is -2.21. The Hall–Kier alpha value is -2.70. The van der Waals surface area contributed by atoms with Crippen molar-refractivity contribution in [3.8, 4) is 10.6 Å². The summed E-state index contributed by atoms with van der Waals surface area (Å²) in [5.74, 6) is -0.789. The second-order valence-electron chi connectivity index (χ2n) is 6.20. The molecule has 0 N–H and O–H groups in total. The Morgan fingerprint density at radius 2 is 1.93 bits per heavy atom. The van der Waals surface area contributed by atoms with E-state index in [4.69, 9.17) is 16.3 Å². The minimum absolute atomic E-state index is 0.00371. The first-order chi connectivity index (χ1) is 13.4. The van der Waals surface area contributed by atoms with Gasteiger partial charge < -0.3 is 9.64 Å². The summed E-state index contributed by atoms with van der Waals surface area (Å²) in [5.41, 5.74) is 2.23. The molecule has 1 unspecified atom stereocenters. The second-order valence-corrected chi connectivity index (χ2v) is 7.49. The zero-order valence-electron chi connectivity index (χ0n) is 15.5. The van der Waals surface area contributed by atoms with Crippen LogP contribution in [0, 0.1) is 0 Å². The lowest BCUT2D eigenvalue weighted by molar-refractivity contribution is -0.153. The Bertz CT molecular complexity index is 975. The zero-order valence-corrected chi connectivity index (χ0v) is 17.0. The largest absolute Gasteiger partial charge is 0.452 e. The maximum Gasteiger partial charge on any atom is 0.312 e. The van der Waals surface area contributed by atoms with E-state index in [9.17, 15) is 9.59 Å². The molecular formula is C21H19ClN2O3S. The quantitative estimate of drug-likeness (QED) is 0.553. The van der Waals surface area contributed by atoms with Crippen LogP contribution in [0.3, 0.4) is 0 Å². The van der Waals surface area contributed by atoms with Crippen LogP contribution in [-0.4, -0.2) is 30.0 Å². The van der Waals surface area contributed by atoms with Crippen LogP contribution < -0.4 is 4.90 Å². The molecule has 1 atom stereocenters. The third kappa shape index (κ3) is 4.97. The maximum absolute atomic E-state index is 12.5. The molecule has 0 aliphatic carbocycles. The van der Waals surface area contributed by atoms with Gasteiger partial charge in [-0.3, -0.25) is 9.59 Å². The number of rotatable bonds is 6. The van der Waals surface area contributed by atoms with Crippen molar-refractivity contribution < 1.29 is 14.3 Å². The summed E-state index contributed by atoms with van der Waals surface area (Å²) in [6.07, 6.45) is -0.882. The summed E-state index contributed by atoms with van der Waals surface area (Å²) in [4.78, 5) is 30.6. The number of hydrogen-bond acceptors (Lipinski definition) is 5. The summed E-state index contributed by atoms with van der Waals surface area (Å²) < 4.78 is 5.31.